The van der Waals surface area contributed by atoms with E-state index in [4.69, 9.17) is 19.1 Å². The summed E-state index contributed by atoms with van der Waals surface area (Å²) < 4.78 is 26.6. The maximum absolute atomic E-state index is 14.3. The number of aromatic amines is 1. The van der Waals surface area contributed by atoms with Crippen LogP contribution in [-0.2, 0) is 0 Å². The number of fused-ring (bicyclic) bond motifs is 3. The number of nitrogens with one attached hydrogen (secondary N) is 1. The highest BCUT2D eigenvalue weighted by atomic mass is 19.1. The summed E-state index contributed by atoms with van der Waals surface area (Å²) in [6, 6.07) is 4.40. The SMILES string of the molecule is Cc1ccc2[nH]ncc2c1-c1oc(=O)c2c(N3CC[C@H]3C)nc(OC[C@@]34CCCN3C[C@H](F)C4)nc2c1C. The van der Waals surface area contributed by atoms with Crippen molar-refractivity contribution in [3.8, 4) is 17.3 Å². The number of hydrogen-bond acceptors (Lipinski definition) is 8. The van der Waals surface area contributed by atoms with Crippen LogP contribution in [0.25, 0.3) is 33.1 Å². The first kappa shape index (κ1) is 23.6. The predicted molar refractivity (Wildman–Crippen MR) is 143 cm³/mol. The third kappa shape index (κ3) is 3.46. The molecule has 3 aliphatic heterocycles. The molecule has 1 N–H and O–H groups in total. The summed E-state index contributed by atoms with van der Waals surface area (Å²) in [4.78, 5) is 27.4. The largest absolute Gasteiger partial charge is 0.461 e. The number of ether oxygens (including phenoxy) is 1. The van der Waals surface area contributed by atoms with Crippen LogP contribution >= 0.6 is 0 Å². The molecule has 6 heterocycles. The zero-order chi connectivity index (χ0) is 26.2. The third-order valence-corrected chi connectivity index (χ3v) is 8.85. The Morgan fingerprint density at radius 2 is 2.13 bits per heavy atom. The molecule has 0 bridgehead atoms. The highest BCUT2D eigenvalue weighted by Gasteiger charge is 2.49. The molecule has 3 fully saturated rings. The molecule has 0 saturated carbocycles. The first-order valence-corrected chi connectivity index (χ1v) is 13.4. The lowest BCUT2D eigenvalue weighted by Gasteiger charge is -2.40. The van der Waals surface area contributed by atoms with Gasteiger partial charge in [0.1, 0.15) is 23.9 Å². The second-order valence-electron chi connectivity index (χ2n) is 11.2. The van der Waals surface area contributed by atoms with E-state index in [0.717, 1.165) is 59.9 Å². The van der Waals surface area contributed by atoms with Gasteiger partial charge in [-0.1, -0.05) is 6.07 Å². The average molecular weight is 519 g/mol. The van der Waals surface area contributed by atoms with E-state index in [-0.39, 0.29) is 17.6 Å². The lowest BCUT2D eigenvalue weighted by atomic mass is 9.95. The summed E-state index contributed by atoms with van der Waals surface area (Å²) in [6.45, 7) is 8.48. The van der Waals surface area contributed by atoms with Crippen molar-refractivity contribution < 1.29 is 13.5 Å². The fourth-order valence-electron chi connectivity index (χ4n) is 6.63. The topological polar surface area (TPSA) is 100 Å². The van der Waals surface area contributed by atoms with Crippen molar-refractivity contribution in [2.24, 2.45) is 0 Å². The summed E-state index contributed by atoms with van der Waals surface area (Å²) in [5.74, 6) is 1.01. The maximum atomic E-state index is 14.3. The molecule has 9 nitrogen and oxygen atoms in total. The molecule has 3 saturated heterocycles. The molecule has 198 valence electrons. The lowest BCUT2D eigenvalue weighted by molar-refractivity contribution is 0.107. The number of nitrogens with zero attached hydrogens (tertiary/aromatic N) is 5. The van der Waals surface area contributed by atoms with E-state index in [2.05, 4.69) is 26.9 Å². The van der Waals surface area contributed by atoms with Gasteiger partial charge in [-0.15, -0.1) is 0 Å². The quantitative estimate of drug-likeness (QED) is 0.418. The van der Waals surface area contributed by atoms with Crippen LogP contribution in [0.5, 0.6) is 6.01 Å². The Bertz CT molecular complexity index is 1630. The van der Waals surface area contributed by atoms with E-state index >= 15 is 0 Å². The number of anilines is 1. The average Bonchev–Trinajstić information content (AvgIpc) is 3.58. The molecular weight excluding hydrogens is 487 g/mol. The van der Waals surface area contributed by atoms with Crippen molar-refractivity contribution >= 4 is 27.6 Å². The first-order valence-electron chi connectivity index (χ1n) is 13.4. The summed E-state index contributed by atoms with van der Waals surface area (Å²) in [7, 11) is 0. The molecule has 0 spiro atoms. The Kier molecular flexibility index (Phi) is 5.27. The number of alkyl halides is 1. The predicted octanol–water partition coefficient (Wildman–Crippen LogP) is 4.30. The minimum absolute atomic E-state index is 0.216. The van der Waals surface area contributed by atoms with E-state index in [0.29, 0.717) is 42.1 Å². The summed E-state index contributed by atoms with van der Waals surface area (Å²) >= 11 is 0. The molecule has 38 heavy (non-hydrogen) atoms. The van der Waals surface area contributed by atoms with Gasteiger partial charge in [-0.3, -0.25) is 10.00 Å². The Hall–Kier alpha value is -3.53. The van der Waals surface area contributed by atoms with E-state index in [1.54, 1.807) is 6.20 Å². The highest BCUT2D eigenvalue weighted by Crippen LogP contribution is 2.41. The summed E-state index contributed by atoms with van der Waals surface area (Å²) in [6.07, 6.45) is 4.33. The maximum Gasteiger partial charge on any atom is 0.349 e. The van der Waals surface area contributed by atoms with Crippen LogP contribution in [0.2, 0.25) is 0 Å². The van der Waals surface area contributed by atoms with Crippen LogP contribution in [0.3, 0.4) is 0 Å². The highest BCUT2D eigenvalue weighted by molar-refractivity contribution is 5.99. The van der Waals surface area contributed by atoms with Gasteiger partial charge in [0.15, 0.2) is 5.82 Å². The Labute approximate surface area is 219 Å². The van der Waals surface area contributed by atoms with Crippen molar-refractivity contribution in [3.63, 3.8) is 0 Å². The third-order valence-electron chi connectivity index (χ3n) is 8.85. The number of H-pyrrole nitrogens is 1. The van der Waals surface area contributed by atoms with Crippen LogP contribution in [0.15, 0.2) is 27.5 Å². The van der Waals surface area contributed by atoms with Crippen molar-refractivity contribution in [1.82, 2.24) is 25.1 Å². The number of aryl methyl sites for hydroxylation is 2. The van der Waals surface area contributed by atoms with E-state index in [1.165, 1.54) is 0 Å². The molecule has 0 radical (unpaired) electrons. The standard InChI is InChI=1S/C28H31FN6O3/c1-15-5-6-20-19(12-30-33-20)21(15)24-17(3)23-22(26(36)38-24)25(35-10-7-16(35)2)32-27(31-23)37-14-28-8-4-9-34(28)13-18(29)11-28/h5-6,12,16,18H,4,7-11,13-14H2,1-3H3,(H,30,33)/t16-,18-,28+/m1/s1. The van der Waals surface area contributed by atoms with Gasteiger partial charge in [-0.25, -0.2) is 9.18 Å². The molecule has 0 unspecified atom stereocenters. The first-order chi connectivity index (χ1) is 18.3. The zero-order valence-corrected chi connectivity index (χ0v) is 21.9. The number of halogens is 1. The Morgan fingerprint density at radius 3 is 2.92 bits per heavy atom. The van der Waals surface area contributed by atoms with Crippen LogP contribution in [0.1, 0.15) is 43.7 Å². The Morgan fingerprint density at radius 1 is 1.26 bits per heavy atom. The number of rotatable bonds is 5. The molecule has 10 heteroatoms. The van der Waals surface area contributed by atoms with Crippen molar-refractivity contribution in [1.29, 1.82) is 0 Å². The van der Waals surface area contributed by atoms with Crippen LogP contribution < -0.4 is 15.3 Å². The van der Waals surface area contributed by atoms with E-state index in [1.807, 2.05) is 26.0 Å². The molecule has 3 atom stereocenters. The van der Waals surface area contributed by atoms with Gasteiger partial charge in [0.2, 0.25) is 0 Å². The second kappa shape index (κ2) is 8.49. The monoisotopic (exact) mass is 518 g/mol. The molecule has 0 aliphatic carbocycles. The zero-order valence-electron chi connectivity index (χ0n) is 21.9. The van der Waals surface area contributed by atoms with Crippen LogP contribution in [-0.4, -0.2) is 69.1 Å². The van der Waals surface area contributed by atoms with Gasteiger partial charge >= 0.3 is 11.6 Å². The van der Waals surface area contributed by atoms with Crippen molar-refractivity contribution in [3.05, 3.63) is 39.9 Å². The van der Waals surface area contributed by atoms with E-state index in [9.17, 15) is 9.18 Å². The molecule has 3 aliphatic rings. The normalized spacial score (nSPS) is 25.3. The summed E-state index contributed by atoms with van der Waals surface area (Å²) in [5, 5.41) is 8.42. The minimum Gasteiger partial charge on any atom is -0.461 e. The number of hydrogen-bond donors (Lipinski definition) is 1. The smallest absolute Gasteiger partial charge is 0.349 e. The summed E-state index contributed by atoms with van der Waals surface area (Å²) in [5.41, 5.74) is 3.11. The molecule has 0 amide bonds. The fourth-order valence-corrected chi connectivity index (χ4v) is 6.63. The van der Waals surface area contributed by atoms with Crippen LogP contribution in [0, 0.1) is 13.8 Å². The molecule has 7 rings (SSSR count). The van der Waals surface area contributed by atoms with Crippen LogP contribution in [0.4, 0.5) is 10.2 Å². The van der Waals surface area contributed by atoms with Crippen molar-refractivity contribution in [2.75, 3.05) is 31.1 Å². The lowest BCUT2D eigenvalue weighted by Crippen LogP contribution is -2.47. The van der Waals surface area contributed by atoms with Crippen molar-refractivity contribution in [2.45, 2.75) is 64.2 Å². The van der Waals surface area contributed by atoms with Gasteiger partial charge in [-0.2, -0.15) is 15.1 Å². The van der Waals surface area contributed by atoms with Gasteiger partial charge in [-0.05, 0) is 58.2 Å². The van der Waals surface area contributed by atoms with Gasteiger partial charge < -0.3 is 14.1 Å². The van der Waals surface area contributed by atoms with Gasteiger partial charge in [0.05, 0.1) is 22.8 Å². The second-order valence-corrected chi connectivity index (χ2v) is 11.2. The molecular formula is C28H31FN6O3. The Balaban J connectivity index is 1.38. The molecule has 3 aromatic heterocycles. The van der Waals surface area contributed by atoms with E-state index < -0.39 is 11.8 Å². The fraction of sp³-hybridized carbons (Fsp3) is 0.500. The molecule has 4 aromatic rings. The number of aromatic nitrogens is 4. The van der Waals surface area contributed by atoms with Gasteiger partial charge in [0.25, 0.3) is 0 Å². The number of benzene rings is 1. The molecule has 1 aromatic carbocycles. The van der Waals surface area contributed by atoms with Gasteiger partial charge in [0, 0.05) is 42.1 Å². The minimum atomic E-state index is -0.836.